The number of rotatable bonds is 5. The lowest BCUT2D eigenvalue weighted by atomic mass is 10.3. The van der Waals surface area contributed by atoms with Crippen LogP contribution in [0, 0.1) is 0 Å². The van der Waals surface area contributed by atoms with Gasteiger partial charge in [-0.25, -0.2) is 4.98 Å². The molecule has 1 heterocycles. The minimum absolute atomic E-state index is 0.375. The van der Waals surface area contributed by atoms with Crippen LogP contribution in [0.2, 0.25) is 5.02 Å². The topological polar surface area (TPSA) is 47.0 Å². The Balaban J connectivity index is 1.93. The second kappa shape index (κ2) is 6.21. The molecule has 0 saturated heterocycles. The van der Waals surface area contributed by atoms with E-state index in [2.05, 4.69) is 15.3 Å². The molecule has 1 N–H and O–H groups in total. The van der Waals surface area contributed by atoms with Crippen molar-refractivity contribution in [1.82, 2.24) is 9.97 Å². The van der Waals surface area contributed by atoms with Gasteiger partial charge in [0.2, 0.25) is 0 Å². The van der Waals surface area contributed by atoms with E-state index in [1.54, 1.807) is 24.5 Å². The van der Waals surface area contributed by atoms with Crippen LogP contribution in [0.25, 0.3) is 0 Å². The van der Waals surface area contributed by atoms with Gasteiger partial charge in [-0.2, -0.15) is 0 Å². The quantitative estimate of drug-likeness (QED) is 0.900. The number of halogens is 1. The molecule has 94 valence electrons. The second-order valence-electron chi connectivity index (χ2n) is 3.67. The van der Waals surface area contributed by atoms with E-state index in [1.165, 1.54) is 0 Å². The number of benzene rings is 1. The fourth-order valence-corrected chi connectivity index (χ4v) is 1.60. The van der Waals surface area contributed by atoms with E-state index >= 15 is 0 Å². The highest BCUT2D eigenvalue weighted by Gasteiger charge is 1.99. The molecular weight excluding hydrogens is 250 g/mol. The van der Waals surface area contributed by atoms with Gasteiger partial charge in [-0.3, -0.25) is 4.98 Å². The number of ether oxygens (including phenoxy) is 1. The van der Waals surface area contributed by atoms with Gasteiger partial charge in [0, 0.05) is 11.6 Å². The highest BCUT2D eigenvalue weighted by atomic mass is 35.5. The van der Waals surface area contributed by atoms with Gasteiger partial charge in [0.05, 0.1) is 18.1 Å². The highest BCUT2D eigenvalue weighted by molar-refractivity contribution is 6.30. The van der Waals surface area contributed by atoms with Gasteiger partial charge in [-0.15, -0.1) is 0 Å². The average molecular weight is 264 g/mol. The smallest absolute Gasteiger partial charge is 0.144 e. The molecule has 0 aliphatic heterocycles. The maximum atomic E-state index is 5.87. The van der Waals surface area contributed by atoms with Gasteiger partial charge < -0.3 is 10.1 Å². The van der Waals surface area contributed by atoms with Gasteiger partial charge >= 0.3 is 0 Å². The summed E-state index contributed by atoms with van der Waals surface area (Å²) in [6, 6.07) is 7.27. The monoisotopic (exact) mass is 263 g/mol. The van der Waals surface area contributed by atoms with Crippen molar-refractivity contribution in [3.8, 4) is 5.75 Å². The first kappa shape index (κ1) is 12.6. The van der Waals surface area contributed by atoms with Gasteiger partial charge in [-0.05, 0) is 25.1 Å². The first-order valence-electron chi connectivity index (χ1n) is 5.71. The number of anilines is 1. The van der Waals surface area contributed by atoms with Crippen molar-refractivity contribution in [2.75, 3.05) is 11.9 Å². The van der Waals surface area contributed by atoms with Crippen molar-refractivity contribution in [3.05, 3.63) is 47.4 Å². The van der Waals surface area contributed by atoms with Crippen LogP contribution in [0.5, 0.6) is 5.75 Å². The number of aromatic nitrogens is 2. The standard InChI is InChI=1S/C13H14ClN3O/c1-2-15-13-8-16-11(7-17-13)9-18-12-5-3-4-10(14)6-12/h3-8H,2,9H2,1H3,(H,15,17). The first-order valence-corrected chi connectivity index (χ1v) is 6.09. The second-order valence-corrected chi connectivity index (χ2v) is 4.11. The van der Waals surface area contributed by atoms with E-state index in [9.17, 15) is 0 Å². The van der Waals surface area contributed by atoms with E-state index in [0.29, 0.717) is 11.6 Å². The summed E-state index contributed by atoms with van der Waals surface area (Å²) in [5.74, 6) is 1.49. The molecular formula is C13H14ClN3O. The van der Waals surface area contributed by atoms with Crippen LogP contribution in [0.4, 0.5) is 5.82 Å². The Morgan fingerprint density at radius 3 is 2.83 bits per heavy atom. The Kier molecular flexibility index (Phi) is 4.36. The van der Waals surface area contributed by atoms with Crippen LogP contribution in [-0.4, -0.2) is 16.5 Å². The largest absolute Gasteiger partial charge is 0.487 e. The summed E-state index contributed by atoms with van der Waals surface area (Å²) in [7, 11) is 0. The zero-order chi connectivity index (χ0) is 12.8. The summed E-state index contributed by atoms with van der Waals surface area (Å²) in [6.45, 7) is 3.21. The molecule has 5 heteroatoms. The summed E-state index contributed by atoms with van der Waals surface area (Å²) in [6.07, 6.45) is 3.39. The molecule has 0 aliphatic rings. The molecule has 4 nitrogen and oxygen atoms in total. The summed E-state index contributed by atoms with van der Waals surface area (Å²) < 4.78 is 5.57. The predicted molar refractivity (Wildman–Crippen MR) is 72.0 cm³/mol. The minimum Gasteiger partial charge on any atom is -0.487 e. The molecule has 0 unspecified atom stereocenters. The van der Waals surface area contributed by atoms with Crippen molar-refractivity contribution in [2.24, 2.45) is 0 Å². The van der Waals surface area contributed by atoms with E-state index in [1.807, 2.05) is 19.1 Å². The Morgan fingerprint density at radius 1 is 1.28 bits per heavy atom. The molecule has 1 aromatic carbocycles. The van der Waals surface area contributed by atoms with E-state index in [0.717, 1.165) is 23.8 Å². The molecule has 2 aromatic rings. The number of hydrogen-bond acceptors (Lipinski definition) is 4. The Morgan fingerprint density at radius 2 is 2.17 bits per heavy atom. The fourth-order valence-electron chi connectivity index (χ4n) is 1.42. The molecule has 0 saturated carbocycles. The Hall–Kier alpha value is -1.81. The van der Waals surface area contributed by atoms with Crippen LogP contribution in [0.1, 0.15) is 12.6 Å². The maximum Gasteiger partial charge on any atom is 0.144 e. The van der Waals surface area contributed by atoms with Crippen molar-refractivity contribution in [3.63, 3.8) is 0 Å². The van der Waals surface area contributed by atoms with Crippen molar-refractivity contribution in [2.45, 2.75) is 13.5 Å². The summed E-state index contributed by atoms with van der Waals surface area (Å²) >= 11 is 5.87. The molecule has 0 amide bonds. The Bertz CT molecular complexity index is 502. The molecule has 0 atom stereocenters. The van der Waals surface area contributed by atoms with E-state index in [4.69, 9.17) is 16.3 Å². The third kappa shape index (κ3) is 3.60. The molecule has 2 rings (SSSR count). The normalized spacial score (nSPS) is 10.1. The lowest BCUT2D eigenvalue weighted by Gasteiger charge is -2.06. The summed E-state index contributed by atoms with van der Waals surface area (Å²) in [5, 5.41) is 3.74. The van der Waals surface area contributed by atoms with Crippen LogP contribution in [-0.2, 0) is 6.61 Å². The van der Waals surface area contributed by atoms with E-state index < -0.39 is 0 Å². The minimum atomic E-state index is 0.375. The number of hydrogen-bond donors (Lipinski definition) is 1. The van der Waals surface area contributed by atoms with Crippen LogP contribution in [0.3, 0.4) is 0 Å². The summed E-state index contributed by atoms with van der Waals surface area (Å²) in [5.41, 5.74) is 0.775. The van der Waals surface area contributed by atoms with Gasteiger partial charge in [0.15, 0.2) is 0 Å². The lowest BCUT2D eigenvalue weighted by Crippen LogP contribution is -2.03. The van der Waals surface area contributed by atoms with Crippen molar-refractivity contribution < 1.29 is 4.74 Å². The third-order valence-corrected chi connectivity index (χ3v) is 2.48. The molecule has 0 aliphatic carbocycles. The maximum absolute atomic E-state index is 5.87. The SMILES string of the molecule is CCNc1cnc(COc2cccc(Cl)c2)cn1. The molecule has 0 fully saturated rings. The zero-order valence-electron chi connectivity index (χ0n) is 10.1. The zero-order valence-corrected chi connectivity index (χ0v) is 10.8. The van der Waals surface area contributed by atoms with Crippen LogP contribution < -0.4 is 10.1 Å². The molecule has 18 heavy (non-hydrogen) atoms. The van der Waals surface area contributed by atoms with E-state index in [-0.39, 0.29) is 0 Å². The van der Waals surface area contributed by atoms with Gasteiger partial charge in [-0.1, -0.05) is 17.7 Å². The molecule has 0 radical (unpaired) electrons. The predicted octanol–water partition coefficient (Wildman–Crippen LogP) is 3.14. The van der Waals surface area contributed by atoms with Gasteiger partial charge in [0.1, 0.15) is 18.2 Å². The lowest BCUT2D eigenvalue weighted by molar-refractivity contribution is 0.301. The van der Waals surface area contributed by atoms with Crippen LogP contribution in [0.15, 0.2) is 36.7 Å². The molecule has 1 aromatic heterocycles. The van der Waals surface area contributed by atoms with Crippen LogP contribution >= 0.6 is 11.6 Å². The number of nitrogens with zero attached hydrogens (tertiary/aromatic N) is 2. The average Bonchev–Trinajstić information content (AvgIpc) is 2.38. The number of nitrogens with one attached hydrogen (secondary N) is 1. The van der Waals surface area contributed by atoms with Gasteiger partial charge in [0.25, 0.3) is 0 Å². The van der Waals surface area contributed by atoms with Crippen molar-refractivity contribution >= 4 is 17.4 Å². The highest BCUT2D eigenvalue weighted by Crippen LogP contribution is 2.18. The summed E-state index contributed by atoms with van der Waals surface area (Å²) in [4.78, 5) is 8.47. The fraction of sp³-hybridized carbons (Fsp3) is 0.231. The molecule has 0 bridgehead atoms. The molecule has 0 spiro atoms. The first-order chi connectivity index (χ1) is 8.78. The Labute approximate surface area is 111 Å². The van der Waals surface area contributed by atoms with Crippen molar-refractivity contribution in [1.29, 1.82) is 0 Å². The third-order valence-electron chi connectivity index (χ3n) is 2.25.